The number of fused-ring (bicyclic) bond motifs is 1. The van der Waals surface area contributed by atoms with Crippen molar-refractivity contribution < 1.29 is 9.63 Å². The van der Waals surface area contributed by atoms with Gasteiger partial charge in [0.25, 0.3) is 0 Å². The van der Waals surface area contributed by atoms with E-state index in [1.165, 1.54) is 6.20 Å². The second-order valence-corrected chi connectivity index (χ2v) is 8.71. The molecule has 1 N–H and O–H groups in total. The maximum Gasteiger partial charge on any atom is 0.222 e. The van der Waals surface area contributed by atoms with Gasteiger partial charge in [-0.25, -0.2) is 9.97 Å². The van der Waals surface area contributed by atoms with Gasteiger partial charge in [0.1, 0.15) is 12.0 Å². The number of benzene rings is 1. The first kappa shape index (κ1) is 19.3. The van der Waals surface area contributed by atoms with Crippen molar-refractivity contribution in [3.63, 3.8) is 0 Å². The third-order valence-corrected chi connectivity index (χ3v) is 5.25. The van der Waals surface area contributed by atoms with Gasteiger partial charge in [-0.15, -0.1) is 0 Å². The second-order valence-electron chi connectivity index (χ2n) is 7.96. The number of nitrogens with zero attached hydrogens (tertiary/aromatic N) is 4. The van der Waals surface area contributed by atoms with Gasteiger partial charge in [0, 0.05) is 35.7 Å². The lowest BCUT2D eigenvalue weighted by molar-refractivity contribution is 0.00637. The van der Waals surface area contributed by atoms with Crippen LogP contribution in [0.1, 0.15) is 49.6 Å². The average Bonchev–Trinajstić information content (AvgIpc) is 3.23. The molecule has 1 atom stereocenters. The summed E-state index contributed by atoms with van der Waals surface area (Å²) >= 11 is 12.1. The van der Waals surface area contributed by atoms with E-state index in [9.17, 15) is 5.11 Å². The molecule has 0 aliphatic carbocycles. The minimum atomic E-state index is -0.749. The normalized spacial score (nSPS) is 17.1. The van der Waals surface area contributed by atoms with Crippen molar-refractivity contribution in [2.75, 3.05) is 0 Å². The Morgan fingerprint density at radius 3 is 2.75 bits per heavy atom. The summed E-state index contributed by atoms with van der Waals surface area (Å²) in [5.41, 5.74) is 3.88. The molecule has 4 rings (SSSR count). The van der Waals surface area contributed by atoms with Crippen molar-refractivity contribution in [1.29, 1.82) is 0 Å². The lowest BCUT2D eigenvalue weighted by Crippen LogP contribution is -2.21. The van der Waals surface area contributed by atoms with Crippen LogP contribution in [0.5, 0.6) is 0 Å². The molecule has 3 heterocycles. The molecule has 146 valence electrons. The average molecular weight is 419 g/mol. The van der Waals surface area contributed by atoms with Crippen LogP contribution in [0.2, 0.25) is 10.3 Å². The molecule has 0 amide bonds. The topological polar surface area (TPSA) is 75.3 Å². The molecule has 1 aliphatic heterocycles. The molecule has 0 bridgehead atoms. The molecule has 2 aromatic heterocycles. The van der Waals surface area contributed by atoms with E-state index >= 15 is 0 Å². The second kappa shape index (κ2) is 7.12. The molecule has 0 saturated heterocycles. The number of aromatic nitrogens is 3. The summed E-state index contributed by atoms with van der Waals surface area (Å²) in [5.74, 6) is 0.825. The van der Waals surface area contributed by atoms with E-state index in [4.69, 9.17) is 27.7 Å². The minimum absolute atomic E-state index is 0.106. The van der Waals surface area contributed by atoms with Gasteiger partial charge in [0.2, 0.25) is 5.28 Å². The van der Waals surface area contributed by atoms with Gasteiger partial charge in [0.15, 0.2) is 0 Å². The minimum Gasteiger partial charge on any atom is -0.374 e. The Labute approximate surface area is 173 Å². The van der Waals surface area contributed by atoms with Gasteiger partial charge in [0.05, 0.1) is 22.6 Å². The molecule has 1 aromatic carbocycles. The van der Waals surface area contributed by atoms with Gasteiger partial charge < -0.3 is 9.63 Å². The summed E-state index contributed by atoms with van der Waals surface area (Å²) in [5, 5.41) is 15.5. The Morgan fingerprint density at radius 2 is 2.04 bits per heavy atom. The lowest BCUT2D eigenvalue weighted by Gasteiger charge is -2.18. The maximum atomic E-state index is 10.8. The maximum absolute atomic E-state index is 10.8. The molecule has 28 heavy (non-hydrogen) atoms. The van der Waals surface area contributed by atoms with Crippen LogP contribution in [0.4, 0.5) is 0 Å². The van der Waals surface area contributed by atoms with Crippen LogP contribution in [0.15, 0.2) is 35.0 Å². The smallest absolute Gasteiger partial charge is 0.222 e. The van der Waals surface area contributed by atoms with Gasteiger partial charge in [-0.1, -0.05) is 49.7 Å². The van der Waals surface area contributed by atoms with Crippen molar-refractivity contribution >= 4 is 23.2 Å². The fraction of sp³-hybridized carbons (Fsp3) is 0.350. The van der Waals surface area contributed by atoms with Crippen LogP contribution in [0, 0.1) is 0 Å². The van der Waals surface area contributed by atoms with Crippen molar-refractivity contribution in [3.05, 3.63) is 63.3 Å². The molecular formula is C20H20Cl2N4O2. The summed E-state index contributed by atoms with van der Waals surface area (Å²) in [7, 11) is 0. The summed E-state index contributed by atoms with van der Waals surface area (Å²) in [6.45, 7) is 7.33. The molecule has 8 heteroatoms. The van der Waals surface area contributed by atoms with Crippen LogP contribution in [0.25, 0.3) is 11.3 Å². The Bertz CT molecular complexity index is 1030. The highest BCUT2D eigenvalue weighted by Gasteiger charge is 2.30. The Morgan fingerprint density at radius 1 is 1.25 bits per heavy atom. The number of rotatable bonds is 3. The van der Waals surface area contributed by atoms with E-state index in [1.54, 1.807) is 0 Å². The van der Waals surface area contributed by atoms with Gasteiger partial charge >= 0.3 is 0 Å². The number of hydrogen-bond donors (Lipinski definition) is 1. The highest BCUT2D eigenvalue weighted by Crippen LogP contribution is 2.37. The zero-order chi connectivity index (χ0) is 20.1. The van der Waals surface area contributed by atoms with Crippen LogP contribution >= 0.6 is 23.2 Å². The number of halogens is 2. The fourth-order valence-electron chi connectivity index (χ4n) is 3.27. The Hall–Kier alpha value is -1.99. The molecule has 0 spiro atoms. The van der Waals surface area contributed by atoms with E-state index in [0.717, 1.165) is 28.1 Å². The molecule has 0 radical (unpaired) electrons. The van der Waals surface area contributed by atoms with E-state index in [2.05, 4.69) is 35.9 Å². The third-order valence-electron chi connectivity index (χ3n) is 4.79. The lowest BCUT2D eigenvalue weighted by atomic mass is 9.93. The van der Waals surface area contributed by atoms with Crippen molar-refractivity contribution in [3.8, 4) is 11.3 Å². The summed E-state index contributed by atoms with van der Waals surface area (Å²) in [6, 6.07) is 7.74. The number of hydrogen-bond acceptors (Lipinski definition) is 6. The summed E-state index contributed by atoms with van der Waals surface area (Å²) < 4.78 is 5.45. The molecule has 0 fully saturated rings. The summed E-state index contributed by atoms with van der Waals surface area (Å²) in [6.07, 6.45) is 0.723. The standard InChI is InChI=1S/C20H20Cl2N4O2/c1-20(2,3)16-7-13(25-28-16)10-26-9-12-5-4-11(6-14(12)18(26)27)17-15(21)8-23-19(22)24-17/h4-8,18,27H,9-10H2,1-3H3. The predicted octanol–water partition coefficient (Wildman–Crippen LogP) is 4.74. The van der Waals surface area contributed by atoms with Crippen molar-refractivity contribution in [1.82, 2.24) is 20.0 Å². The van der Waals surface area contributed by atoms with Crippen LogP contribution in [-0.2, 0) is 18.5 Å². The first-order valence-electron chi connectivity index (χ1n) is 8.92. The molecule has 1 aliphatic rings. The van der Waals surface area contributed by atoms with Crippen LogP contribution in [-0.4, -0.2) is 25.1 Å². The zero-order valence-electron chi connectivity index (χ0n) is 15.8. The third kappa shape index (κ3) is 3.65. The van der Waals surface area contributed by atoms with E-state index < -0.39 is 6.23 Å². The predicted molar refractivity (Wildman–Crippen MR) is 107 cm³/mol. The van der Waals surface area contributed by atoms with Crippen LogP contribution < -0.4 is 0 Å². The molecule has 6 nitrogen and oxygen atoms in total. The van der Waals surface area contributed by atoms with Gasteiger partial charge in [-0.2, -0.15) is 0 Å². The van der Waals surface area contributed by atoms with Gasteiger partial charge in [-0.3, -0.25) is 4.90 Å². The van der Waals surface area contributed by atoms with E-state index in [1.807, 2.05) is 29.2 Å². The summed E-state index contributed by atoms with van der Waals surface area (Å²) in [4.78, 5) is 10.0. The van der Waals surface area contributed by atoms with Crippen molar-refractivity contribution in [2.24, 2.45) is 0 Å². The Balaban J connectivity index is 1.58. The highest BCUT2D eigenvalue weighted by atomic mass is 35.5. The molecule has 0 saturated carbocycles. The molecule has 1 unspecified atom stereocenters. The van der Waals surface area contributed by atoms with Crippen molar-refractivity contribution in [2.45, 2.75) is 45.5 Å². The zero-order valence-corrected chi connectivity index (χ0v) is 17.3. The van der Waals surface area contributed by atoms with Gasteiger partial charge in [-0.05, 0) is 23.2 Å². The van der Waals surface area contributed by atoms with E-state index in [0.29, 0.717) is 23.8 Å². The molecular weight excluding hydrogens is 399 g/mol. The SMILES string of the molecule is CC(C)(C)c1cc(CN2Cc3ccc(-c4nc(Cl)ncc4Cl)cc3C2O)no1. The first-order chi connectivity index (χ1) is 13.2. The number of aliphatic hydroxyl groups excluding tert-OH is 1. The largest absolute Gasteiger partial charge is 0.374 e. The monoisotopic (exact) mass is 418 g/mol. The number of aliphatic hydroxyl groups is 1. The quantitative estimate of drug-likeness (QED) is 0.618. The fourth-order valence-corrected chi connectivity index (χ4v) is 3.60. The highest BCUT2D eigenvalue weighted by molar-refractivity contribution is 6.33. The molecule has 3 aromatic rings. The first-order valence-corrected chi connectivity index (χ1v) is 9.67. The Kier molecular flexibility index (Phi) is 4.91. The van der Waals surface area contributed by atoms with Crippen LogP contribution in [0.3, 0.4) is 0 Å². The van der Waals surface area contributed by atoms with E-state index in [-0.39, 0.29) is 10.7 Å².